The minimum absolute atomic E-state index is 0. The summed E-state index contributed by atoms with van der Waals surface area (Å²) in [5, 5.41) is 0. The first-order valence-electron chi connectivity index (χ1n) is 7.81. The third-order valence-electron chi connectivity index (χ3n) is 2.82. The molecule has 0 saturated heterocycles. The number of unbranched alkanes of at least 4 members (excludes halogenated alkanes) is 8. The minimum Gasteiger partial charge on any atom is -0.653 e. The largest absolute Gasteiger partial charge is 2.00 e. The SMILES string of the molecule is CCCCCCCO[C-]=O.CCCCCCCO[C-]=O.[Zn+2]. The fourth-order valence-electron chi connectivity index (χ4n) is 1.64. The van der Waals surface area contributed by atoms with Crippen molar-refractivity contribution in [1.29, 1.82) is 0 Å². The molecule has 0 aliphatic carbocycles. The van der Waals surface area contributed by atoms with Crippen LogP contribution in [0.25, 0.3) is 0 Å². The zero-order chi connectivity index (χ0) is 15.3. The standard InChI is InChI=1S/2C8H15O2.Zn/c2*1-2-3-4-5-6-7-10-8-9;/h2*2-7H2,1H3;/q2*-1;+2. The van der Waals surface area contributed by atoms with Gasteiger partial charge in [0.15, 0.2) is 0 Å². The van der Waals surface area contributed by atoms with Gasteiger partial charge in [-0.1, -0.05) is 78.2 Å². The Balaban J connectivity index is -0.000000295. The van der Waals surface area contributed by atoms with Crippen LogP contribution in [0.3, 0.4) is 0 Å². The van der Waals surface area contributed by atoms with Crippen LogP contribution in [0.1, 0.15) is 78.1 Å². The van der Waals surface area contributed by atoms with Gasteiger partial charge in [0.1, 0.15) is 0 Å². The van der Waals surface area contributed by atoms with Crippen LogP contribution in [0, 0.1) is 0 Å². The molecule has 0 aromatic carbocycles. The predicted octanol–water partition coefficient (Wildman–Crippen LogP) is 4.08. The second-order valence-electron chi connectivity index (χ2n) is 4.69. The van der Waals surface area contributed by atoms with E-state index in [-0.39, 0.29) is 19.5 Å². The van der Waals surface area contributed by atoms with Gasteiger partial charge in [-0.15, -0.1) is 0 Å². The van der Waals surface area contributed by atoms with Crippen LogP contribution < -0.4 is 0 Å². The van der Waals surface area contributed by atoms with Crippen LogP contribution in [0.4, 0.5) is 0 Å². The summed E-state index contributed by atoms with van der Waals surface area (Å²) in [6, 6.07) is 0. The Labute approximate surface area is 143 Å². The Morgan fingerprint density at radius 3 is 1.24 bits per heavy atom. The normalized spacial score (nSPS) is 8.86. The second-order valence-corrected chi connectivity index (χ2v) is 4.69. The molecule has 0 rings (SSSR count). The Morgan fingerprint density at radius 1 is 0.619 bits per heavy atom. The maximum atomic E-state index is 9.55. The molecule has 0 N–H and O–H groups in total. The summed E-state index contributed by atoms with van der Waals surface area (Å²) in [7, 11) is 0. The van der Waals surface area contributed by atoms with E-state index in [0.29, 0.717) is 13.2 Å². The predicted molar refractivity (Wildman–Crippen MR) is 80.8 cm³/mol. The molecule has 0 atom stereocenters. The van der Waals surface area contributed by atoms with Crippen molar-refractivity contribution in [3.8, 4) is 0 Å². The van der Waals surface area contributed by atoms with Crippen molar-refractivity contribution < 1.29 is 38.5 Å². The van der Waals surface area contributed by atoms with Crippen LogP contribution in [0.5, 0.6) is 0 Å². The molecule has 0 aromatic heterocycles. The third-order valence-corrected chi connectivity index (χ3v) is 2.82. The van der Waals surface area contributed by atoms with E-state index < -0.39 is 0 Å². The van der Waals surface area contributed by atoms with Gasteiger partial charge in [-0.3, -0.25) is 0 Å². The van der Waals surface area contributed by atoms with E-state index in [1.165, 1.54) is 51.5 Å². The van der Waals surface area contributed by atoms with Crippen molar-refractivity contribution in [2.75, 3.05) is 13.2 Å². The molecule has 4 nitrogen and oxygen atoms in total. The Kier molecular flexibility index (Phi) is 33.8. The van der Waals surface area contributed by atoms with Gasteiger partial charge >= 0.3 is 19.5 Å². The van der Waals surface area contributed by atoms with Crippen molar-refractivity contribution in [3.05, 3.63) is 0 Å². The molecule has 0 amide bonds. The summed E-state index contributed by atoms with van der Waals surface area (Å²) in [6.45, 7) is 8.24. The Bertz CT molecular complexity index is 169. The summed E-state index contributed by atoms with van der Waals surface area (Å²) in [4.78, 5) is 19.1. The Morgan fingerprint density at radius 2 is 0.952 bits per heavy atom. The van der Waals surface area contributed by atoms with E-state index in [9.17, 15) is 9.59 Å². The van der Waals surface area contributed by atoms with Gasteiger partial charge in [-0.25, -0.2) is 0 Å². The van der Waals surface area contributed by atoms with E-state index in [1.807, 2.05) is 0 Å². The molecule has 0 radical (unpaired) electrons. The molecular weight excluding hydrogens is 322 g/mol. The maximum absolute atomic E-state index is 9.55. The monoisotopic (exact) mass is 350 g/mol. The summed E-state index contributed by atoms with van der Waals surface area (Å²) >= 11 is 0. The molecule has 0 fully saturated rings. The van der Waals surface area contributed by atoms with Crippen molar-refractivity contribution in [2.24, 2.45) is 0 Å². The molecule has 21 heavy (non-hydrogen) atoms. The number of hydrogen-bond donors (Lipinski definition) is 0. The van der Waals surface area contributed by atoms with Crippen molar-refractivity contribution in [2.45, 2.75) is 78.1 Å². The zero-order valence-corrected chi connectivity index (χ0v) is 16.8. The maximum Gasteiger partial charge on any atom is 2.00 e. The van der Waals surface area contributed by atoms with Gasteiger partial charge in [0.25, 0.3) is 0 Å². The molecule has 0 aromatic rings. The van der Waals surface area contributed by atoms with E-state index in [4.69, 9.17) is 0 Å². The van der Waals surface area contributed by atoms with Gasteiger partial charge in [0.2, 0.25) is 0 Å². The first kappa shape index (κ1) is 25.5. The van der Waals surface area contributed by atoms with Crippen LogP contribution >= 0.6 is 0 Å². The quantitative estimate of drug-likeness (QED) is 0.269. The molecule has 0 bridgehead atoms. The average Bonchev–Trinajstić information content (AvgIpc) is 2.47. The van der Waals surface area contributed by atoms with Crippen molar-refractivity contribution >= 4 is 12.9 Å². The first-order valence-corrected chi connectivity index (χ1v) is 7.81. The number of rotatable bonds is 14. The van der Waals surface area contributed by atoms with Crippen LogP contribution in [0.2, 0.25) is 0 Å². The van der Waals surface area contributed by atoms with E-state index in [1.54, 1.807) is 0 Å². The van der Waals surface area contributed by atoms with Crippen molar-refractivity contribution in [1.82, 2.24) is 0 Å². The number of hydrogen-bond acceptors (Lipinski definition) is 4. The van der Waals surface area contributed by atoms with Gasteiger partial charge in [-0.2, -0.15) is 0 Å². The summed E-state index contributed by atoms with van der Waals surface area (Å²) in [5.41, 5.74) is 0. The molecule has 5 heteroatoms. The molecule has 0 spiro atoms. The molecule has 0 unspecified atom stereocenters. The Hall–Kier alpha value is -0.437. The summed E-state index contributed by atoms with van der Waals surface area (Å²) in [6.07, 6.45) is 11.9. The molecular formula is C16H30O4Zn. The van der Waals surface area contributed by atoms with E-state index in [0.717, 1.165) is 25.7 Å². The van der Waals surface area contributed by atoms with E-state index >= 15 is 0 Å². The van der Waals surface area contributed by atoms with Gasteiger partial charge in [-0.05, 0) is 12.8 Å². The first-order chi connectivity index (χ1) is 9.83. The third kappa shape index (κ3) is 32.8. The van der Waals surface area contributed by atoms with Gasteiger partial charge in [0.05, 0.1) is 0 Å². The molecule has 0 heterocycles. The number of carbonyl (C=O) groups excluding carboxylic acids is 2. The summed E-state index contributed by atoms with van der Waals surface area (Å²) in [5.74, 6) is 0. The average molecular weight is 352 g/mol. The topological polar surface area (TPSA) is 52.6 Å². The van der Waals surface area contributed by atoms with Gasteiger partial charge in [0, 0.05) is 13.2 Å². The van der Waals surface area contributed by atoms with Crippen LogP contribution in [-0.2, 0) is 38.5 Å². The van der Waals surface area contributed by atoms with E-state index in [2.05, 4.69) is 23.3 Å². The molecule has 0 aliphatic rings. The number of ether oxygens (including phenoxy) is 2. The summed E-state index contributed by atoms with van der Waals surface area (Å²) < 4.78 is 8.82. The molecule has 120 valence electrons. The molecule has 0 saturated carbocycles. The zero-order valence-electron chi connectivity index (χ0n) is 13.8. The molecule has 0 aliphatic heterocycles. The van der Waals surface area contributed by atoms with Crippen LogP contribution in [-0.4, -0.2) is 26.2 Å². The fourth-order valence-corrected chi connectivity index (χ4v) is 1.64. The smallest absolute Gasteiger partial charge is 0.653 e. The van der Waals surface area contributed by atoms with Gasteiger partial charge < -0.3 is 19.1 Å². The fraction of sp³-hybridized carbons (Fsp3) is 0.875. The minimum atomic E-state index is 0. The second kappa shape index (κ2) is 27.8. The van der Waals surface area contributed by atoms with Crippen molar-refractivity contribution in [3.63, 3.8) is 0 Å². The van der Waals surface area contributed by atoms with Crippen LogP contribution in [0.15, 0.2) is 0 Å².